The van der Waals surface area contributed by atoms with Gasteiger partial charge in [-0.25, -0.2) is 4.79 Å². The lowest BCUT2D eigenvalue weighted by Gasteiger charge is -2.11. The first-order valence-corrected chi connectivity index (χ1v) is 4.10. The van der Waals surface area contributed by atoms with Gasteiger partial charge in [0.25, 0.3) is 0 Å². The fourth-order valence-corrected chi connectivity index (χ4v) is 0.688. The average Bonchev–Trinajstić information content (AvgIpc) is 2.11. The van der Waals surface area contributed by atoms with Gasteiger partial charge in [0.2, 0.25) is 0 Å². The van der Waals surface area contributed by atoms with Gasteiger partial charge in [0.1, 0.15) is 0 Å². The third-order valence-corrected chi connectivity index (χ3v) is 1.47. The number of methoxy groups -OCH3 is 1. The summed E-state index contributed by atoms with van der Waals surface area (Å²) >= 11 is 0. The third-order valence-electron chi connectivity index (χ3n) is 1.47. The summed E-state index contributed by atoms with van der Waals surface area (Å²) in [6.07, 6.45) is 0.941. The highest BCUT2D eigenvalue weighted by atomic mass is 16.5. The highest BCUT2D eigenvalue weighted by molar-refractivity contribution is 5.73. The summed E-state index contributed by atoms with van der Waals surface area (Å²) in [5.74, 6) is -0.251. The maximum atomic E-state index is 11.0. The van der Waals surface area contributed by atoms with E-state index in [1.54, 1.807) is 14.1 Å². The maximum absolute atomic E-state index is 11.0. The van der Waals surface area contributed by atoms with Gasteiger partial charge in [0.15, 0.2) is 0 Å². The molecule has 0 unspecified atom stereocenters. The molecule has 2 amide bonds. The molecule has 0 saturated heterocycles. The quantitative estimate of drug-likeness (QED) is 0.507. The minimum atomic E-state index is -0.251. The van der Waals surface area contributed by atoms with E-state index in [4.69, 9.17) is 0 Å². The van der Waals surface area contributed by atoms with Crippen LogP contribution in [0.15, 0.2) is 0 Å². The number of nitrogens with zero attached hydrogens (tertiary/aromatic N) is 1. The molecule has 0 atom stereocenters. The molecular weight excluding hydrogens is 172 g/mol. The molecular formula is C8H16N2O3. The monoisotopic (exact) mass is 188 g/mol. The number of nitrogens with one attached hydrogen (secondary N) is 1. The molecule has 76 valence electrons. The number of urea groups is 1. The van der Waals surface area contributed by atoms with Crippen molar-refractivity contribution in [3.8, 4) is 0 Å². The van der Waals surface area contributed by atoms with E-state index < -0.39 is 0 Å². The first-order valence-electron chi connectivity index (χ1n) is 4.10. The summed E-state index contributed by atoms with van der Waals surface area (Å²) < 4.78 is 4.44. The molecule has 0 radical (unpaired) electrons. The SMILES string of the molecule is COC(=O)CCCNC(=O)N(C)C. The van der Waals surface area contributed by atoms with Gasteiger partial charge in [-0.15, -0.1) is 0 Å². The fraction of sp³-hybridized carbons (Fsp3) is 0.750. The Labute approximate surface area is 78.0 Å². The van der Waals surface area contributed by atoms with Gasteiger partial charge >= 0.3 is 12.0 Å². The van der Waals surface area contributed by atoms with Crippen LogP contribution >= 0.6 is 0 Å². The lowest BCUT2D eigenvalue weighted by molar-refractivity contribution is -0.140. The number of hydrogen-bond donors (Lipinski definition) is 1. The van der Waals surface area contributed by atoms with Gasteiger partial charge in [-0.2, -0.15) is 0 Å². The Hall–Kier alpha value is -1.26. The van der Waals surface area contributed by atoms with Crippen LogP contribution < -0.4 is 5.32 Å². The van der Waals surface area contributed by atoms with Crippen LogP contribution in [0.2, 0.25) is 0 Å². The molecule has 0 heterocycles. The van der Waals surface area contributed by atoms with E-state index in [0.717, 1.165) is 0 Å². The van der Waals surface area contributed by atoms with E-state index in [1.165, 1.54) is 12.0 Å². The van der Waals surface area contributed by atoms with Crippen LogP contribution in [0.1, 0.15) is 12.8 Å². The lowest BCUT2D eigenvalue weighted by Crippen LogP contribution is -2.35. The third kappa shape index (κ3) is 5.95. The van der Waals surface area contributed by atoms with Crippen LogP contribution in [0.3, 0.4) is 0 Å². The number of ether oxygens (including phenoxy) is 1. The first-order chi connectivity index (χ1) is 6.07. The Morgan fingerprint density at radius 3 is 2.46 bits per heavy atom. The van der Waals surface area contributed by atoms with Gasteiger partial charge in [-0.3, -0.25) is 4.79 Å². The van der Waals surface area contributed by atoms with Gasteiger partial charge in [0, 0.05) is 27.1 Å². The second-order valence-corrected chi connectivity index (χ2v) is 2.81. The number of carbonyl (C=O) groups is 2. The number of carbonyl (C=O) groups excluding carboxylic acids is 2. The average molecular weight is 188 g/mol. The molecule has 0 aromatic rings. The van der Waals surface area contributed by atoms with Crippen LogP contribution in [-0.4, -0.2) is 44.7 Å². The lowest BCUT2D eigenvalue weighted by atomic mass is 10.3. The molecule has 0 fully saturated rings. The molecule has 0 bridgehead atoms. The van der Waals surface area contributed by atoms with Crippen LogP contribution in [0.25, 0.3) is 0 Å². The van der Waals surface area contributed by atoms with Crippen molar-refractivity contribution in [2.45, 2.75) is 12.8 Å². The highest BCUT2D eigenvalue weighted by Gasteiger charge is 2.03. The summed E-state index contributed by atoms with van der Waals surface area (Å²) in [4.78, 5) is 23.0. The predicted octanol–water partition coefficient (Wildman–Crippen LogP) is 0.211. The number of amides is 2. The minimum Gasteiger partial charge on any atom is -0.469 e. The van der Waals surface area contributed by atoms with E-state index >= 15 is 0 Å². The van der Waals surface area contributed by atoms with E-state index in [0.29, 0.717) is 19.4 Å². The molecule has 13 heavy (non-hydrogen) atoms. The summed E-state index contributed by atoms with van der Waals surface area (Å²) in [5, 5.41) is 2.64. The summed E-state index contributed by atoms with van der Waals surface area (Å²) in [5.41, 5.74) is 0. The summed E-state index contributed by atoms with van der Waals surface area (Å²) in [7, 11) is 4.67. The second kappa shape index (κ2) is 6.28. The number of hydrogen-bond acceptors (Lipinski definition) is 3. The van der Waals surface area contributed by atoms with Gasteiger partial charge in [-0.1, -0.05) is 0 Å². The molecule has 0 aromatic carbocycles. The first kappa shape index (κ1) is 11.7. The van der Waals surface area contributed by atoms with Crippen molar-refractivity contribution in [2.24, 2.45) is 0 Å². The molecule has 0 saturated carbocycles. The molecule has 0 aromatic heterocycles. The van der Waals surface area contributed by atoms with Crippen LogP contribution in [-0.2, 0) is 9.53 Å². The van der Waals surface area contributed by atoms with Crippen molar-refractivity contribution in [3.63, 3.8) is 0 Å². The molecule has 5 heteroatoms. The van der Waals surface area contributed by atoms with Crippen molar-refractivity contribution in [1.82, 2.24) is 10.2 Å². The van der Waals surface area contributed by atoms with Crippen molar-refractivity contribution in [2.75, 3.05) is 27.7 Å². The van der Waals surface area contributed by atoms with Gasteiger partial charge in [0.05, 0.1) is 7.11 Å². The van der Waals surface area contributed by atoms with E-state index in [-0.39, 0.29) is 12.0 Å². The highest BCUT2D eigenvalue weighted by Crippen LogP contribution is 1.89. The zero-order valence-corrected chi connectivity index (χ0v) is 8.29. The number of rotatable bonds is 4. The Kier molecular flexibility index (Phi) is 5.67. The fourth-order valence-electron chi connectivity index (χ4n) is 0.688. The second-order valence-electron chi connectivity index (χ2n) is 2.81. The summed E-state index contributed by atoms with van der Waals surface area (Å²) in [6, 6.07) is -0.148. The molecule has 0 aliphatic rings. The molecule has 0 aliphatic carbocycles. The van der Waals surface area contributed by atoms with Crippen molar-refractivity contribution in [1.29, 1.82) is 0 Å². The van der Waals surface area contributed by atoms with Gasteiger partial charge < -0.3 is 15.0 Å². The van der Waals surface area contributed by atoms with E-state index in [1.807, 2.05) is 0 Å². The Morgan fingerprint density at radius 2 is 2.00 bits per heavy atom. The molecule has 0 spiro atoms. The van der Waals surface area contributed by atoms with Crippen molar-refractivity contribution >= 4 is 12.0 Å². The maximum Gasteiger partial charge on any atom is 0.316 e. The Balaban J connectivity index is 3.36. The van der Waals surface area contributed by atoms with Crippen molar-refractivity contribution in [3.05, 3.63) is 0 Å². The Morgan fingerprint density at radius 1 is 1.38 bits per heavy atom. The molecule has 5 nitrogen and oxygen atoms in total. The molecule has 0 aliphatic heterocycles. The standard InChI is InChI=1S/C8H16N2O3/c1-10(2)8(12)9-6-4-5-7(11)13-3/h4-6H2,1-3H3,(H,9,12). The minimum absolute atomic E-state index is 0.148. The van der Waals surface area contributed by atoms with E-state index in [2.05, 4.69) is 10.1 Å². The normalized spacial score (nSPS) is 9.15. The molecule has 1 N–H and O–H groups in total. The van der Waals surface area contributed by atoms with Gasteiger partial charge in [-0.05, 0) is 6.42 Å². The van der Waals surface area contributed by atoms with Crippen LogP contribution in [0.5, 0.6) is 0 Å². The van der Waals surface area contributed by atoms with E-state index in [9.17, 15) is 9.59 Å². The largest absolute Gasteiger partial charge is 0.469 e. The smallest absolute Gasteiger partial charge is 0.316 e. The summed E-state index contributed by atoms with van der Waals surface area (Å²) in [6.45, 7) is 0.492. The zero-order chi connectivity index (χ0) is 10.3. The van der Waals surface area contributed by atoms with Crippen LogP contribution in [0.4, 0.5) is 4.79 Å². The zero-order valence-electron chi connectivity index (χ0n) is 8.29. The predicted molar refractivity (Wildman–Crippen MR) is 48.3 cm³/mol. The van der Waals surface area contributed by atoms with Crippen LogP contribution in [0, 0.1) is 0 Å². The molecule has 0 rings (SSSR count). The topological polar surface area (TPSA) is 58.6 Å². The van der Waals surface area contributed by atoms with Crippen molar-refractivity contribution < 1.29 is 14.3 Å². The Bertz CT molecular complexity index is 180. The number of esters is 1.